The molecule has 4 rings (SSSR count). The molecule has 0 saturated carbocycles. The lowest BCUT2D eigenvalue weighted by atomic mass is 9.99. The van der Waals surface area contributed by atoms with Crippen molar-refractivity contribution in [2.75, 3.05) is 33.7 Å². The predicted molar refractivity (Wildman–Crippen MR) is 111 cm³/mol. The molecule has 0 atom stereocenters. The first-order valence-corrected chi connectivity index (χ1v) is 10.4. The number of rotatable bonds is 5. The number of fused-ring (bicyclic) bond motifs is 2. The smallest absolute Gasteiger partial charge is 0.287 e. The molecule has 0 fully saturated rings. The molecule has 0 radical (unpaired) electrons. The van der Waals surface area contributed by atoms with Crippen LogP contribution in [-0.4, -0.2) is 64.9 Å². The molecule has 7 nitrogen and oxygen atoms in total. The molecule has 1 N–H and O–H groups in total. The molecule has 2 aliphatic heterocycles. The normalized spacial score (nSPS) is 15.8. The second-order valence-electron chi connectivity index (χ2n) is 8.14. The van der Waals surface area contributed by atoms with E-state index in [-0.39, 0.29) is 11.8 Å². The monoisotopic (exact) mass is 395 g/mol. The molecule has 7 heteroatoms. The zero-order valence-corrected chi connectivity index (χ0v) is 17.3. The van der Waals surface area contributed by atoms with Gasteiger partial charge < -0.3 is 19.7 Å². The summed E-state index contributed by atoms with van der Waals surface area (Å²) in [5, 5.41) is 2.94. The van der Waals surface area contributed by atoms with Gasteiger partial charge in [0.05, 0.1) is 5.69 Å². The fraction of sp³-hybridized carbons (Fsp3) is 0.500. The third-order valence-corrected chi connectivity index (χ3v) is 5.79. The van der Waals surface area contributed by atoms with E-state index in [1.807, 2.05) is 40.6 Å². The van der Waals surface area contributed by atoms with E-state index in [9.17, 15) is 9.59 Å². The Labute approximate surface area is 171 Å². The summed E-state index contributed by atoms with van der Waals surface area (Å²) >= 11 is 0. The Morgan fingerprint density at radius 2 is 1.90 bits per heavy atom. The quantitative estimate of drug-likeness (QED) is 0.837. The molecule has 0 bridgehead atoms. The maximum absolute atomic E-state index is 13.3. The second-order valence-corrected chi connectivity index (χ2v) is 8.14. The number of hydrogen-bond acceptors (Lipinski definition) is 4. The summed E-state index contributed by atoms with van der Waals surface area (Å²) in [7, 11) is 3.94. The van der Waals surface area contributed by atoms with E-state index in [0.29, 0.717) is 31.2 Å². The summed E-state index contributed by atoms with van der Waals surface area (Å²) in [4.78, 5) is 34.5. The first-order valence-electron chi connectivity index (χ1n) is 10.4. The lowest BCUT2D eigenvalue weighted by molar-refractivity contribution is 0.0727. The third kappa shape index (κ3) is 4.05. The standard InChI is InChI=1S/C22H29N5O2/c1-25(2)14-11-23-21(28)20-24-19(18-9-5-6-12-27(18)20)22(29)26-13-10-16-7-3-4-8-17(16)15-26/h3-4,7-8H,5-6,9-15H2,1-2H3,(H,23,28). The summed E-state index contributed by atoms with van der Waals surface area (Å²) in [5.41, 5.74) is 3.88. The highest BCUT2D eigenvalue weighted by atomic mass is 16.2. The number of likely N-dealkylation sites (N-methyl/N-ethyl adjacent to an activating group) is 1. The van der Waals surface area contributed by atoms with E-state index in [2.05, 4.69) is 22.4 Å². The van der Waals surface area contributed by atoms with E-state index in [1.54, 1.807) is 0 Å². The Morgan fingerprint density at radius 3 is 2.69 bits per heavy atom. The summed E-state index contributed by atoms with van der Waals surface area (Å²) in [5.74, 6) is 0.120. The molecule has 0 saturated heterocycles. The summed E-state index contributed by atoms with van der Waals surface area (Å²) in [6.07, 6.45) is 3.68. The first kappa shape index (κ1) is 19.6. The largest absolute Gasteiger partial charge is 0.348 e. The molecular formula is C22H29N5O2. The lowest BCUT2D eigenvalue weighted by Gasteiger charge is -2.28. The first-order chi connectivity index (χ1) is 14.0. The van der Waals surface area contributed by atoms with E-state index in [1.165, 1.54) is 11.1 Å². The van der Waals surface area contributed by atoms with Crippen molar-refractivity contribution in [3.63, 3.8) is 0 Å². The Bertz CT molecular complexity index is 918. The van der Waals surface area contributed by atoms with Crippen molar-refractivity contribution in [2.24, 2.45) is 0 Å². The van der Waals surface area contributed by atoms with Gasteiger partial charge in [0.1, 0.15) is 5.69 Å². The predicted octanol–water partition coefficient (Wildman–Crippen LogP) is 1.71. The zero-order chi connectivity index (χ0) is 20.4. The Balaban J connectivity index is 1.57. The second kappa shape index (κ2) is 8.37. The van der Waals surface area contributed by atoms with Crippen LogP contribution in [0.25, 0.3) is 0 Å². The molecule has 0 spiro atoms. The van der Waals surface area contributed by atoms with Gasteiger partial charge in [-0.3, -0.25) is 9.59 Å². The highest BCUT2D eigenvalue weighted by Crippen LogP contribution is 2.25. The SMILES string of the molecule is CN(C)CCNC(=O)c1nc(C(=O)N2CCc3ccccc3C2)c2n1CCCC2. The Morgan fingerprint density at radius 1 is 1.10 bits per heavy atom. The number of nitrogens with one attached hydrogen (secondary N) is 1. The number of hydrogen-bond donors (Lipinski definition) is 1. The summed E-state index contributed by atoms with van der Waals surface area (Å²) in [6, 6.07) is 8.28. The van der Waals surface area contributed by atoms with Crippen LogP contribution in [0.15, 0.2) is 24.3 Å². The highest BCUT2D eigenvalue weighted by Gasteiger charge is 2.31. The summed E-state index contributed by atoms with van der Waals surface area (Å²) < 4.78 is 1.96. The van der Waals surface area contributed by atoms with Gasteiger partial charge in [0, 0.05) is 32.7 Å². The average Bonchev–Trinajstić information content (AvgIpc) is 3.12. The van der Waals surface area contributed by atoms with Crippen LogP contribution < -0.4 is 5.32 Å². The van der Waals surface area contributed by atoms with E-state index in [0.717, 1.165) is 44.5 Å². The minimum absolute atomic E-state index is 0.0579. The molecule has 2 aromatic rings. The Kier molecular flexibility index (Phi) is 5.67. The molecule has 0 aliphatic carbocycles. The number of imidazole rings is 1. The zero-order valence-electron chi connectivity index (χ0n) is 17.3. The fourth-order valence-corrected chi connectivity index (χ4v) is 4.18. The Hall–Kier alpha value is -2.67. The molecule has 154 valence electrons. The van der Waals surface area contributed by atoms with E-state index >= 15 is 0 Å². The van der Waals surface area contributed by atoms with Gasteiger partial charge in [0.15, 0.2) is 5.82 Å². The number of benzene rings is 1. The van der Waals surface area contributed by atoms with Gasteiger partial charge in [0.25, 0.3) is 11.8 Å². The van der Waals surface area contributed by atoms with Crippen molar-refractivity contribution < 1.29 is 9.59 Å². The van der Waals surface area contributed by atoms with E-state index < -0.39 is 0 Å². The summed E-state index contributed by atoms with van der Waals surface area (Å²) in [6.45, 7) is 3.35. The van der Waals surface area contributed by atoms with Crippen LogP contribution in [0.1, 0.15) is 50.8 Å². The van der Waals surface area contributed by atoms with Crippen molar-refractivity contribution in [1.29, 1.82) is 0 Å². The maximum atomic E-state index is 13.3. The molecule has 2 amide bonds. The minimum atomic E-state index is -0.196. The number of amides is 2. The number of carbonyl (C=O) groups excluding carboxylic acids is 2. The number of nitrogens with zero attached hydrogens (tertiary/aromatic N) is 4. The van der Waals surface area contributed by atoms with Gasteiger partial charge in [-0.15, -0.1) is 0 Å². The molecule has 29 heavy (non-hydrogen) atoms. The molecule has 3 heterocycles. The van der Waals surface area contributed by atoms with Gasteiger partial charge in [-0.25, -0.2) is 4.98 Å². The van der Waals surface area contributed by atoms with Crippen molar-refractivity contribution in [1.82, 2.24) is 24.7 Å². The van der Waals surface area contributed by atoms with Gasteiger partial charge in [-0.1, -0.05) is 24.3 Å². The van der Waals surface area contributed by atoms with Crippen molar-refractivity contribution in [2.45, 2.75) is 38.8 Å². The molecule has 0 unspecified atom stereocenters. The number of carbonyl (C=O) groups is 2. The van der Waals surface area contributed by atoms with Crippen molar-refractivity contribution in [3.05, 3.63) is 52.6 Å². The third-order valence-electron chi connectivity index (χ3n) is 5.79. The number of aromatic nitrogens is 2. The van der Waals surface area contributed by atoms with Crippen LogP contribution in [0.3, 0.4) is 0 Å². The van der Waals surface area contributed by atoms with Gasteiger partial charge in [0.2, 0.25) is 0 Å². The maximum Gasteiger partial charge on any atom is 0.287 e. The van der Waals surface area contributed by atoms with Crippen LogP contribution in [0, 0.1) is 0 Å². The fourth-order valence-electron chi connectivity index (χ4n) is 4.18. The lowest BCUT2D eigenvalue weighted by Crippen LogP contribution is -2.36. The highest BCUT2D eigenvalue weighted by molar-refractivity contribution is 5.97. The molecule has 1 aromatic carbocycles. The van der Waals surface area contributed by atoms with Gasteiger partial charge >= 0.3 is 0 Å². The van der Waals surface area contributed by atoms with E-state index in [4.69, 9.17) is 0 Å². The van der Waals surface area contributed by atoms with Crippen molar-refractivity contribution in [3.8, 4) is 0 Å². The van der Waals surface area contributed by atoms with Gasteiger partial charge in [-0.05, 0) is 50.9 Å². The van der Waals surface area contributed by atoms with Crippen LogP contribution in [0.2, 0.25) is 0 Å². The molecular weight excluding hydrogens is 366 g/mol. The molecule has 1 aromatic heterocycles. The molecule has 2 aliphatic rings. The average molecular weight is 396 g/mol. The topological polar surface area (TPSA) is 70.5 Å². The van der Waals surface area contributed by atoms with Crippen LogP contribution in [0.5, 0.6) is 0 Å². The van der Waals surface area contributed by atoms with Crippen LogP contribution in [0.4, 0.5) is 0 Å². The van der Waals surface area contributed by atoms with Crippen molar-refractivity contribution >= 4 is 11.8 Å². The van der Waals surface area contributed by atoms with Crippen LogP contribution in [-0.2, 0) is 25.9 Å². The minimum Gasteiger partial charge on any atom is -0.348 e. The van der Waals surface area contributed by atoms with Crippen LogP contribution >= 0.6 is 0 Å². The van der Waals surface area contributed by atoms with Gasteiger partial charge in [-0.2, -0.15) is 0 Å².